The molecule has 130 valence electrons. The molecule has 0 saturated carbocycles. The Hall–Kier alpha value is -1.15. The number of benzene rings is 1. The SMILES string of the molecule is CC.Cc1cccc(NS(=O)(=O)NCCN2CCOCC2)c1.[HH].[HH]. The Balaban J connectivity index is 0. The summed E-state index contributed by atoms with van der Waals surface area (Å²) in [6, 6.07) is 7.26. The highest BCUT2D eigenvalue weighted by Gasteiger charge is 2.13. The average Bonchev–Trinajstić information content (AvgIpc) is 2.49. The largest absolute Gasteiger partial charge is 0.379 e. The van der Waals surface area contributed by atoms with Crippen LogP contribution in [0.25, 0.3) is 0 Å². The number of ether oxygens (including phenoxy) is 1. The Morgan fingerprint density at radius 3 is 2.59 bits per heavy atom. The van der Waals surface area contributed by atoms with Crippen LogP contribution in [0.1, 0.15) is 22.3 Å². The average molecular weight is 333 g/mol. The molecule has 7 heteroatoms. The van der Waals surface area contributed by atoms with Crippen LogP contribution in [0.3, 0.4) is 0 Å². The molecular weight excluding hydrogens is 302 g/mol. The van der Waals surface area contributed by atoms with Crippen molar-refractivity contribution in [2.24, 2.45) is 0 Å². The number of anilines is 1. The highest BCUT2D eigenvalue weighted by Crippen LogP contribution is 2.10. The number of aryl methyl sites for hydroxylation is 1. The van der Waals surface area contributed by atoms with Gasteiger partial charge in [0.25, 0.3) is 10.2 Å². The van der Waals surface area contributed by atoms with Crippen molar-refractivity contribution in [1.82, 2.24) is 9.62 Å². The molecule has 0 amide bonds. The molecular formula is C15H31N3O3S. The fraction of sp³-hybridized carbons (Fsp3) is 0.600. The summed E-state index contributed by atoms with van der Waals surface area (Å²) < 4.78 is 34.1. The summed E-state index contributed by atoms with van der Waals surface area (Å²) in [6.07, 6.45) is 0. The molecule has 0 radical (unpaired) electrons. The van der Waals surface area contributed by atoms with Gasteiger partial charge in [-0.3, -0.25) is 9.62 Å². The van der Waals surface area contributed by atoms with Crippen molar-refractivity contribution in [2.45, 2.75) is 20.8 Å². The lowest BCUT2D eigenvalue weighted by molar-refractivity contribution is 0.0390. The molecule has 1 aliphatic heterocycles. The smallest absolute Gasteiger partial charge is 0.299 e. The zero-order chi connectivity index (χ0) is 16.4. The summed E-state index contributed by atoms with van der Waals surface area (Å²) >= 11 is 0. The number of hydrogen-bond acceptors (Lipinski definition) is 4. The summed E-state index contributed by atoms with van der Waals surface area (Å²) in [6.45, 7) is 10.1. The molecule has 1 aromatic rings. The molecule has 0 unspecified atom stereocenters. The second-order valence-corrected chi connectivity index (χ2v) is 6.32. The van der Waals surface area contributed by atoms with Gasteiger partial charge in [-0.2, -0.15) is 13.1 Å². The molecule has 1 aliphatic rings. The van der Waals surface area contributed by atoms with E-state index >= 15 is 0 Å². The molecule has 6 nitrogen and oxygen atoms in total. The van der Waals surface area contributed by atoms with Crippen LogP contribution in [-0.2, 0) is 14.9 Å². The third kappa shape index (κ3) is 7.22. The molecule has 0 spiro atoms. The van der Waals surface area contributed by atoms with E-state index in [1.54, 1.807) is 12.1 Å². The van der Waals surface area contributed by atoms with Gasteiger partial charge in [-0.15, -0.1) is 0 Å². The van der Waals surface area contributed by atoms with Gasteiger partial charge in [0.15, 0.2) is 0 Å². The van der Waals surface area contributed by atoms with Gasteiger partial charge in [-0.25, -0.2) is 0 Å². The first-order valence-electron chi connectivity index (χ1n) is 7.69. The van der Waals surface area contributed by atoms with Gasteiger partial charge in [0, 0.05) is 34.7 Å². The maximum atomic E-state index is 11.9. The second kappa shape index (κ2) is 9.78. The minimum Gasteiger partial charge on any atom is -0.379 e. The van der Waals surface area contributed by atoms with Crippen molar-refractivity contribution in [3.63, 3.8) is 0 Å². The Morgan fingerprint density at radius 2 is 1.95 bits per heavy atom. The van der Waals surface area contributed by atoms with Crippen LogP contribution in [0.4, 0.5) is 5.69 Å². The van der Waals surface area contributed by atoms with Crippen LogP contribution in [0.2, 0.25) is 0 Å². The van der Waals surface area contributed by atoms with Crippen LogP contribution >= 0.6 is 0 Å². The van der Waals surface area contributed by atoms with Gasteiger partial charge in [0.1, 0.15) is 0 Å². The van der Waals surface area contributed by atoms with E-state index in [4.69, 9.17) is 4.74 Å². The third-order valence-electron chi connectivity index (χ3n) is 3.09. The van der Waals surface area contributed by atoms with Crippen molar-refractivity contribution in [3.05, 3.63) is 29.8 Å². The van der Waals surface area contributed by atoms with E-state index in [0.717, 1.165) is 18.7 Å². The van der Waals surface area contributed by atoms with Crippen LogP contribution in [0, 0.1) is 6.92 Å². The molecule has 1 saturated heterocycles. The number of nitrogens with one attached hydrogen (secondary N) is 2. The van der Waals surface area contributed by atoms with E-state index in [1.807, 2.05) is 32.9 Å². The van der Waals surface area contributed by atoms with E-state index in [2.05, 4.69) is 14.3 Å². The molecule has 0 atom stereocenters. The highest BCUT2D eigenvalue weighted by atomic mass is 32.2. The van der Waals surface area contributed by atoms with Crippen molar-refractivity contribution in [3.8, 4) is 0 Å². The van der Waals surface area contributed by atoms with Crippen molar-refractivity contribution < 1.29 is 16.0 Å². The van der Waals surface area contributed by atoms with Crippen molar-refractivity contribution in [1.29, 1.82) is 0 Å². The Bertz CT molecular complexity index is 539. The Morgan fingerprint density at radius 1 is 1.27 bits per heavy atom. The maximum absolute atomic E-state index is 11.9. The lowest BCUT2D eigenvalue weighted by Gasteiger charge is -2.26. The summed E-state index contributed by atoms with van der Waals surface area (Å²) in [5.41, 5.74) is 1.59. The molecule has 2 rings (SSSR count). The molecule has 2 N–H and O–H groups in total. The number of hydrogen-bond donors (Lipinski definition) is 2. The fourth-order valence-electron chi connectivity index (χ4n) is 2.06. The monoisotopic (exact) mass is 333 g/mol. The quantitative estimate of drug-likeness (QED) is 0.836. The first-order valence-corrected chi connectivity index (χ1v) is 9.18. The standard InChI is InChI=1S/C13H21N3O3S.C2H6.2H2/c1-12-3-2-4-13(11-12)15-20(17,18)14-5-6-16-7-9-19-10-8-16;1-2;;/h2-4,11,14-15H,5-10H2,1H3;1-2H3;2*1H. The number of morpholine rings is 1. The third-order valence-corrected chi connectivity index (χ3v) is 4.18. The van der Waals surface area contributed by atoms with E-state index in [0.29, 0.717) is 32.0 Å². The van der Waals surface area contributed by atoms with E-state index in [-0.39, 0.29) is 2.85 Å². The summed E-state index contributed by atoms with van der Waals surface area (Å²) in [4.78, 5) is 2.18. The molecule has 1 fully saturated rings. The van der Waals surface area contributed by atoms with Crippen LogP contribution in [0.5, 0.6) is 0 Å². The van der Waals surface area contributed by atoms with E-state index < -0.39 is 10.2 Å². The normalized spacial score (nSPS) is 15.8. The lowest BCUT2D eigenvalue weighted by atomic mass is 10.2. The van der Waals surface area contributed by atoms with Crippen molar-refractivity contribution in [2.75, 3.05) is 44.1 Å². The van der Waals surface area contributed by atoms with Gasteiger partial charge in [-0.05, 0) is 24.6 Å². The fourth-order valence-corrected chi connectivity index (χ4v) is 2.93. The minimum atomic E-state index is -3.51. The topological polar surface area (TPSA) is 70.7 Å². The second-order valence-electron chi connectivity index (χ2n) is 4.82. The lowest BCUT2D eigenvalue weighted by Crippen LogP contribution is -2.42. The highest BCUT2D eigenvalue weighted by molar-refractivity contribution is 7.90. The van der Waals surface area contributed by atoms with Crippen LogP contribution in [-0.4, -0.2) is 52.7 Å². The molecule has 1 aromatic carbocycles. The minimum absolute atomic E-state index is 0. The Labute approximate surface area is 137 Å². The van der Waals surface area contributed by atoms with Gasteiger partial charge in [0.05, 0.1) is 13.2 Å². The molecule has 1 heterocycles. The molecule has 0 aromatic heterocycles. The first-order chi connectivity index (χ1) is 10.6. The molecule has 22 heavy (non-hydrogen) atoms. The number of nitrogens with zero attached hydrogens (tertiary/aromatic N) is 1. The van der Waals surface area contributed by atoms with E-state index in [9.17, 15) is 8.42 Å². The first kappa shape index (κ1) is 18.9. The zero-order valence-electron chi connectivity index (χ0n) is 13.6. The predicted octanol–water partition coefficient (Wildman–Crippen LogP) is 2.09. The van der Waals surface area contributed by atoms with Gasteiger partial charge >= 0.3 is 0 Å². The maximum Gasteiger partial charge on any atom is 0.299 e. The van der Waals surface area contributed by atoms with Gasteiger partial charge in [0.2, 0.25) is 0 Å². The van der Waals surface area contributed by atoms with Gasteiger partial charge in [-0.1, -0.05) is 26.0 Å². The summed E-state index contributed by atoms with van der Waals surface area (Å²) in [5.74, 6) is 0. The predicted molar refractivity (Wildman–Crippen MR) is 94.6 cm³/mol. The van der Waals surface area contributed by atoms with Gasteiger partial charge < -0.3 is 4.74 Å². The van der Waals surface area contributed by atoms with Crippen molar-refractivity contribution >= 4 is 15.9 Å². The molecule has 0 aliphatic carbocycles. The van der Waals surface area contributed by atoms with Crippen LogP contribution in [0.15, 0.2) is 24.3 Å². The molecule has 0 bridgehead atoms. The summed E-state index contributed by atoms with van der Waals surface area (Å²) in [5, 5.41) is 0. The number of rotatable bonds is 6. The van der Waals surface area contributed by atoms with E-state index in [1.165, 1.54) is 0 Å². The Kier molecular flexibility index (Phi) is 8.40. The zero-order valence-corrected chi connectivity index (χ0v) is 14.4. The van der Waals surface area contributed by atoms with Crippen LogP contribution < -0.4 is 9.44 Å². The summed E-state index contributed by atoms with van der Waals surface area (Å²) in [7, 11) is -3.51.